The maximum Gasteiger partial charge on any atom is 0.387 e. The molecule has 0 saturated heterocycles. The Bertz CT molecular complexity index is 849. The number of amides is 2. The Morgan fingerprint density at radius 2 is 1.53 bits per heavy atom. The van der Waals surface area contributed by atoms with Crippen molar-refractivity contribution in [2.24, 2.45) is 0 Å². The van der Waals surface area contributed by atoms with Crippen molar-refractivity contribution < 1.29 is 37.3 Å². The van der Waals surface area contributed by atoms with Gasteiger partial charge >= 0.3 is 6.61 Å². The minimum Gasteiger partial charge on any atom is -0.493 e. The molecule has 0 radical (unpaired) electrons. The molecule has 0 saturated carbocycles. The van der Waals surface area contributed by atoms with E-state index in [4.69, 9.17) is 14.2 Å². The summed E-state index contributed by atoms with van der Waals surface area (Å²) in [5.74, 6) is 0.0648. The van der Waals surface area contributed by atoms with E-state index in [-0.39, 0.29) is 24.4 Å². The Hall–Kier alpha value is -3.56. The van der Waals surface area contributed by atoms with Crippen LogP contribution in [0.25, 0.3) is 0 Å². The topological polar surface area (TPSA) is 95.1 Å². The summed E-state index contributed by atoms with van der Waals surface area (Å²) in [6.45, 7) is -3.00. The summed E-state index contributed by atoms with van der Waals surface area (Å²) in [6.07, 6.45) is 0. The van der Waals surface area contributed by atoms with Gasteiger partial charge in [0.05, 0.1) is 27.9 Å². The molecule has 0 unspecified atom stereocenters. The number of halogens is 2. The van der Waals surface area contributed by atoms with Crippen LogP contribution in [0, 0.1) is 0 Å². The van der Waals surface area contributed by atoms with Crippen LogP contribution in [0.15, 0.2) is 36.4 Å². The average Bonchev–Trinajstić information content (AvgIpc) is 2.75. The van der Waals surface area contributed by atoms with Crippen LogP contribution in [-0.4, -0.2) is 46.3 Å². The summed E-state index contributed by atoms with van der Waals surface area (Å²) >= 11 is 0. The lowest BCUT2D eigenvalue weighted by atomic mass is 10.1. The zero-order chi connectivity index (χ0) is 22.1. The van der Waals surface area contributed by atoms with Crippen LogP contribution in [0.4, 0.5) is 8.78 Å². The molecular weight excluding hydrogens is 402 g/mol. The molecule has 10 heteroatoms. The number of rotatable bonds is 10. The van der Waals surface area contributed by atoms with Gasteiger partial charge in [-0.25, -0.2) is 0 Å². The summed E-state index contributed by atoms with van der Waals surface area (Å²) in [7, 11) is 4.31. The third-order valence-electron chi connectivity index (χ3n) is 3.97. The number of carbonyl (C=O) groups is 2. The van der Waals surface area contributed by atoms with Crippen LogP contribution in [0.2, 0.25) is 0 Å². The fraction of sp³-hybridized carbons (Fsp3) is 0.300. The number of ether oxygens (including phenoxy) is 4. The highest BCUT2D eigenvalue weighted by molar-refractivity contribution is 5.97. The number of benzene rings is 2. The third kappa shape index (κ3) is 6.23. The van der Waals surface area contributed by atoms with Gasteiger partial charge in [-0.15, -0.1) is 0 Å². The molecule has 8 nitrogen and oxygen atoms in total. The van der Waals surface area contributed by atoms with E-state index in [1.807, 2.05) is 0 Å². The average molecular weight is 424 g/mol. The highest BCUT2D eigenvalue weighted by atomic mass is 19.3. The van der Waals surface area contributed by atoms with Crippen molar-refractivity contribution in [1.82, 2.24) is 10.6 Å². The lowest BCUT2D eigenvalue weighted by Gasteiger charge is -2.14. The quantitative estimate of drug-likeness (QED) is 0.608. The summed E-state index contributed by atoms with van der Waals surface area (Å²) in [6, 6.07) is 8.79. The molecule has 0 aromatic heterocycles. The van der Waals surface area contributed by atoms with Gasteiger partial charge in [0.25, 0.3) is 5.91 Å². The Balaban J connectivity index is 1.89. The first kappa shape index (κ1) is 22.7. The number of methoxy groups -OCH3 is 3. The van der Waals surface area contributed by atoms with Gasteiger partial charge in [0.2, 0.25) is 11.7 Å². The van der Waals surface area contributed by atoms with Crippen molar-refractivity contribution in [2.45, 2.75) is 13.2 Å². The van der Waals surface area contributed by atoms with E-state index < -0.39 is 18.4 Å². The standard InChI is InChI=1S/C20H22F2N2O6/c1-27-15-8-13(9-16(28-2)18(15)29-3)19(26)24-11-17(25)23-10-12-4-6-14(7-5-12)30-20(21)22/h4-9,20H,10-11H2,1-3H3,(H,23,25)(H,24,26). The number of alkyl halides is 2. The van der Waals surface area contributed by atoms with Crippen LogP contribution < -0.4 is 29.6 Å². The van der Waals surface area contributed by atoms with Crippen LogP contribution >= 0.6 is 0 Å². The normalized spacial score (nSPS) is 10.3. The minimum absolute atomic E-state index is 0.0256. The van der Waals surface area contributed by atoms with Gasteiger partial charge in [-0.05, 0) is 29.8 Å². The first-order valence-corrected chi connectivity index (χ1v) is 8.76. The first-order chi connectivity index (χ1) is 14.4. The summed E-state index contributed by atoms with van der Waals surface area (Å²) in [5, 5.41) is 5.12. The zero-order valence-electron chi connectivity index (χ0n) is 16.7. The van der Waals surface area contributed by atoms with Gasteiger partial charge in [0.1, 0.15) is 5.75 Å². The van der Waals surface area contributed by atoms with Gasteiger partial charge < -0.3 is 29.6 Å². The predicted molar refractivity (Wildman–Crippen MR) is 103 cm³/mol. The zero-order valence-corrected chi connectivity index (χ0v) is 16.7. The number of hydrogen-bond acceptors (Lipinski definition) is 6. The first-order valence-electron chi connectivity index (χ1n) is 8.76. The number of nitrogens with one attached hydrogen (secondary N) is 2. The molecule has 0 heterocycles. The molecule has 0 atom stereocenters. The smallest absolute Gasteiger partial charge is 0.387 e. The maximum absolute atomic E-state index is 12.4. The minimum atomic E-state index is -2.90. The van der Waals surface area contributed by atoms with Crippen molar-refractivity contribution in [3.63, 3.8) is 0 Å². The van der Waals surface area contributed by atoms with Crippen molar-refractivity contribution in [1.29, 1.82) is 0 Å². The molecule has 30 heavy (non-hydrogen) atoms. The third-order valence-corrected chi connectivity index (χ3v) is 3.97. The Morgan fingerprint density at radius 1 is 0.933 bits per heavy atom. The second kappa shape index (κ2) is 10.8. The molecule has 2 N–H and O–H groups in total. The molecule has 162 valence electrons. The molecule has 0 aliphatic heterocycles. The number of hydrogen-bond donors (Lipinski definition) is 2. The molecule has 2 aromatic rings. The van der Waals surface area contributed by atoms with Crippen molar-refractivity contribution in [2.75, 3.05) is 27.9 Å². The summed E-state index contributed by atoms with van der Waals surface area (Å²) in [5.41, 5.74) is 0.910. The lowest BCUT2D eigenvalue weighted by molar-refractivity contribution is -0.120. The van der Waals surface area contributed by atoms with E-state index >= 15 is 0 Å². The van der Waals surface area contributed by atoms with E-state index in [2.05, 4.69) is 15.4 Å². The molecule has 0 bridgehead atoms. The van der Waals surface area contributed by atoms with E-state index in [0.717, 1.165) is 0 Å². The summed E-state index contributed by atoms with van der Waals surface area (Å²) in [4.78, 5) is 24.4. The van der Waals surface area contributed by atoms with Gasteiger partial charge in [-0.2, -0.15) is 8.78 Å². The number of carbonyl (C=O) groups excluding carboxylic acids is 2. The predicted octanol–water partition coefficient (Wildman–Crippen LogP) is 2.36. The van der Waals surface area contributed by atoms with Crippen LogP contribution in [0.3, 0.4) is 0 Å². The second-order valence-corrected chi connectivity index (χ2v) is 5.90. The van der Waals surface area contributed by atoms with Crippen molar-refractivity contribution in [3.05, 3.63) is 47.5 Å². The van der Waals surface area contributed by atoms with Gasteiger partial charge in [0.15, 0.2) is 11.5 Å². The highest BCUT2D eigenvalue weighted by Crippen LogP contribution is 2.38. The molecule has 2 amide bonds. The van der Waals surface area contributed by atoms with E-state index in [9.17, 15) is 18.4 Å². The Labute approximate surface area is 172 Å². The molecule has 2 aromatic carbocycles. The molecule has 2 rings (SSSR count). The summed E-state index contributed by atoms with van der Waals surface area (Å²) < 4.78 is 44.1. The van der Waals surface area contributed by atoms with Gasteiger partial charge in [-0.1, -0.05) is 12.1 Å². The Kier molecular flexibility index (Phi) is 8.21. The monoisotopic (exact) mass is 424 g/mol. The maximum atomic E-state index is 12.4. The van der Waals surface area contributed by atoms with Crippen LogP contribution in [-0.2, 0) is 11.3 Å². The fourth-order valence-corrected chi connectivity index (χ4v) is 2.53. The Morgan fingerprint density at radius 3 is 2.03 bits per heavy atom. The molecule has 0 aliphatic carbocycles. The van der Waals surface area contributed by atoms with E-state index in [1.165, 1.54) is 45.6 Å². The van der Waals surface area contributed by atoms with Crippen LogP contribution in [0.1, 0.15) is 15.9 Å². The lowest BCUT2D eigenvalue weighted by Crippen LogP contribution is -2.36. The molecule has 0 fully saturated rings. The van der Waals surface area contributed by atoms with Crippen molar-refractivity contribution >= 4 is 11.8 Å². The molecule has 0 aliphatic rings. The van der Waals surface area contributed by atoms with Crippen LogP contribution in [0.5, 0.6) is 23.0 Å². The van der Waals surface area contributed by atoms with Crippen molar-refractivity contribution in [3.8, 4) is 23.0 Å². The second-order valence-electron chi connectivity index (χ2n) is 5.90. The van der Waals surface area contributed by atoms with E-state index in [0.29, 0.717) is 22.8 Å². The SMILES string of the molecule is COc1cc(C(=O)NCC(=O)NCc2ccc(OC(F)F)cc2)cc(OC)c1OC. The largest absolute Gasteiger partial charge is 0.493 e. The van der Waals surface area contributed by atoms with E-state index in [1.54, 1.807) is 12.1 Å². The van der Waals surface area contributed by atoms with Gasteiger partial charge in [-0.3, -0.25) is 9.59 Å². The molecule has 0 spiro atoms. The highest BCUT2D eigenvalue weighted by Gasteiger charge is 2.17. The van der Waals surface area contributed by atoms with Gasteiger partial charge in [0, 0.05) is 12.1 Å². The fourth-order valence-electron chi connectivity index (χ4n) is 2.53. The molecular formula is C20H22F2N2O6.